The van der Waals surface area contributed by atoms with Gasteiger partial charge in [-0.15, -0.1) is 0 Å². The number of amides is 1. The highest BCUT2D eigenvalue weighted by atomic mass is 16.3. The number of piperidine rings is 1. The van der Waals surface area contributed by atoms with Crippen LogP contribution >= 0.6 is 0 Å². The van der Waals surface area contributed by atoms with E-state index in [-0.39, 0.29) is 11.9 Å². The van der Waals surface area contributed by atoms with Gasteiger partial charge in [0, 0.05) is 12.5 Å². The van der Waals surface area contributed by atoms with Crippen molar-refractivity contribution in [2.75, 3.05) is 6.54 Å². The van der Waals surface area contributed by atoms with Crippen LogP contribution in [-0.4, -0.2) is 32.5 Å². The monoisotopic (exact) mass is 286 g/mol. The zero-order valence-electron chi connectivity index (χ0n) is 11.8. The molecule has 2 aliphatic rings. The van der Waals surface area contributed by atoms with Gasteiger partial charge in [0.15, 0.2) is 0 Å². The lowest BCUT2D eigenvalue weighted by Crippen LogP contribution is -2.39. The van der Waals surface area contributed by atoms with E-state index in [1.54, 1.807) is 6.26 Å². The predicted octanol–water partition coefficient (Wildman–Crippen LogP) is 2.64. The minimum Gasteiger partial charge on any atom is -0.468 e. The van der Waals surface area contributed by atoms with Gasteiger partial charge in [0.05, 0.1) is 17.9 Å². The first-order valence-corrected chi connectivity index (χ1v) is 7.58. The van der Waals surface area contributed by atoms with Gasteiger partial charge in [0.1, 0.15) is 17.9 Å². The number of carbonyl (C=O) groups is 1. The van der Waals surface area contributed by atoms with Crippen molar-refractivity contribution in [2.45, 2.75) is 44.1 Å². The fraction of sp³-hybridized carbons (Fsp3) is 0.533. The van der Waals surface area contributed by atoms with Crippen LogP contribution in [0.2, 0.25) is 0 Å². The molecular weight excluding hydrogens is 268 g/mol. The molecule has 1 atom stereocenters. The Labute approximate surface area is 122 Å². The molecule has 4 rings (SSSR count). The Kier molecular flexibility index (Phi) is 3.02. The molecule has 1 saturated carbocycles. The van der Waals surface area contributed by atoms with Gasteiger partial charge in [-0.2, -0.15) is 5.10 Å². The second kappa shape index (κ2) is 5.02. The average molecular weight is 286 g/mol. The molecule has 3 heterocycles. The van der Waals surface area contributed by atoms with E-state index >= 15 is 0 Å². The first kappa shape index (κ1) is 12.6. The summed E-state index contributed by atoms with van der Waals surface area (Å²) in [5.74, 6) is 2.14. The molecule has 6 heteroatoms. The number of nitrogens with one attached hydrogen (secondary N) is 1. The van der Waals surface area contributed by atoms with Crippen LogP contribution in [0.4, 0.5) is 0 Å². The number of nitrogens with zero attached hydrogens (tertiary/aromatic N) is 3. The van der Waals surface area contributed by atoms with Crippen LogP contribution in [0, 0.1) is 0 Å². The lowest BCUT2D eigenvalue weighted by atomic mass is 10.00. The molecule has 1 aliphatic heterocycles. The van der Waals surface area contributed by atoms with Crippen LogP contribution in [0.3, 0.4) is 0 Å². The Bertz CT molecular complexity index is 630. The summed E-state index contributed by atoms with van der Waals surface area (Å²) in [5.41, 5.74) is 0.726. The van der Waals surface area contributed by atoms with Crippen molar-refractivity contribution in [1.82, 2.24) is 20.1 Å². The number of hydrogen-bond acceptors (Lipinski definition) is 4. The number of carbonyl (C=O) groups excluding carboxylic acids is 1. The molecule has 0 aromatic carbocycles. The van der Waals surface area contributed by atoms with Gasteiger partial charge in [-0.1, -0.05) is 0 Å². The Morgan fingerprint density at radius 2 is 2.24 bits per heavy atom. The van der Waals surface area contributed by atoms with E-state index in [1.807, 2.05) is 11.0 Å². The molecule has 1 saturated heterocycles. The van der Waals surface area contributed by atoms with Crippen LogP contribution in [0.5, 0.6) is 0 Å². The maximum atomic E-state index is 12.9. The summed E-state index contributed by atoms with van der Waals surface area (Å²) in [6.45, 7) is 0.763. The second-order valence-electron chi connectivity index (χ2n) is 5.85. The van der Waals surface area contributed by atoms with Crippen molar-refractivity contribution in [3.63, 3.8) is 0 Å². The summed E-state index contributed by atoms with van der Waals surface area (Å²) < 4.78 is 5.54. The molecule has 1 aliphatic carbocycles. The highest BCUT2D eigenvalue weighted by Gasteiger charge is 2.36. The zero-order chi connectivity index (χ0) is 14.2. The summed E-state index contributed by atoms with van der Waals surface area (Å²) >= 11 is 0. The van der Waals surface area contributed by atoms with E-state index in [1.165, 1.54) is 6.33 Å². The highest BCUT2D eigenvalue weighted by molar-refractivity contribution is 5.95. The lowest BCUT2D eigenvalue weighted by molar-refractivity contribution is 0.0598. The zero-order valence-corrected chi connectivity index (χ0v) is 11.8. The molecule has 110 valence electrons. The van der Waals surface area contributed by atoms with Crippen molar-refractivity contribution >= 4 is 5.91 Å². The van der Waals surface area contributed by atoms with E-state index in [2.05, 4.69) is 15.2 Å². The van der Waals surface area contributed by atoms with Crippen LogP contribution in [0.1, 0.15) is 66.0 Å². The number of furan rings is 1. The molecule has 21 heavy (non-hydrogen) atoms. The second-order valence-corrected chi connectivity index (χ2v) is 5.85. The molecule has 2 aromatic rings. The summed E-state index contributed by atoms with van der Waals surface area (Å²) in [4.78, 5) is 19.1. The largest absolute Gasteiger partial charge is 0.468 e. The molecule has 2 fully saturated rings. The Morgan fingerprint density at radius 1 is 1.33 bits per heavy atom. The number of H-pyrrole nitrogens is 1. The first-order valence-electron chi connectivity index (χ1n) is 7.58. The van der Waals surface area contributed by atoms with Crippen molar-refractivity contribution in [3.05, 3.63) is 35.8 Å². The van der Waals surface area contributed by atoms with E-state index in [9.17, 15) is 4.79 Å². The molecule has 0 radical (unpaired) electrons. The summed E-state index contributed by atoms with van der Waals surface area (Å²) in [7, 11) is 0. The van der Waals surface area contributed by atoms with Gasteiger partial charge >= 0.3 is 0 Å². The number of aromatic nitrogens is 3. The van der Waals surface area contributed by atoms with Crippen LogP contribution in [-0.2, 0) is 0 Å². The van der Waals surface area contributed by atoms with E-state index < -0.39 is 0 Å². The third-order valence-electron chi connectivity index (χ3n) is 4.39. The van der Waals surface area contributed by atoms with Crippen LogP contribution in [0.15, 0.2) is 23.1 Å². The Hall–Kier alpha value is -2.11. The quantitative estimate of drug-likeness (QED) is 0.941. The molecule has 0 bridgehead atoms. The molecule has 0 spiro atoms. The smallest absolute Gasteiger partial charge is 0.258 e. The fourth-order valence-corrected chi connectivity index (χ4v) is 3.15. The van der Waals surface area contributed by atoms with Crippen LogP contribution < -0.4 is 0 Å². The number of likely N-dealkylation sites (tertiary alicyclic amines) is 1. The predicted molar refractivity (Wildman–Crippen MR) is 74.7 cm³/mol. The molecule has 1 amide bonds. The minimum atomic E-state index is -0.00398. The third-order valence-corrected chi connectivity index (χ3v) is 4.39. The van der Waals surface area contributed by atoms with Crippen LogP contribution in [0.25, 0.3) is 0 Å². The number of aromatic amines is 1. The summed E-state index contributed by atoms with van der Waals surface area (Å²) in [6, 6.07) is 1.80. The van der Waals surface area contributed by atoms with Gasteiger partial charge < -0.3 is 9.32 Å². The van der Waals surface area contributed by atoms with E-state index in [0.29, 0.717) is 5.92 Å². The molecular formula is C15H18N4O2. The Balaban J connectivity index is 1.63. The minimum absolute atomic E-state index is 0.00398. The van der Waals surface area contributed by atoms with Gasteiger partial charge in [-0.3, -0.25) is 9.89 Å². The van der Waals surface area contributed by atoms with Crippen molar-refractivity contribution in [2.24, 2.45) is 0 Å². The average Bonchev–Trinajstić information content (AvgIpc) is 3.05. The van der Waals surface area contributed by atoms with E-state index in [0.717, 1.165) is 55.8 Å². The molecule has 1 unspecified atom stereocenters. The fourth-order valence-electron chi connectivity index (χ4n) is 3.15. The topological polar surface area (TPSA) is 75.0 Å². The standard InChI is InChI=1S/C15H18N4O2/c20-15(11-6-8-21-13(11)10-4-5-10)19-7-2-1-3-12(19)14-16-9-17-18-14/h6,8-10,12H,1-5,7H2,(H,16,17,18). The molecule has 2 aromatic heterocycles. The maximum Gasteiger partial charge on any atom is 0.258 e. The lowest BCUT2D eigenvalue weighted by Gasteiger charge is -2.34. The number of rotatable bonds is 3. The molecule has 6 nitrogen and oxygen atoms in total. The van der Waals surface area contributed by atoms with Crippen molar-refractivity contribution < 1.29 is 9.21 Å². The summed E-state index contributed by atoms with van der Waals surface area (Å²) in [6.07, 6.45) is 8.45. The number of hydrogen-bond donors (Lipinski definition) is 1. The van der Waals surface area contributed by atoms with Gasteiger partial charge in [-0.25, -0.2) is 4.98 Å². The van der Waals surface area contributed by atoms with Crippen molar-refractivity contribution in [3.8, 4) is 0 Å². The Morgan fingerprint density at radius 3 is 3.00 bits per heavy atom. The third kappa shape index (κ3) is 2.24. The van der Waals surface area contributed by atoms with E-state index in [4.69, 9.17) is 4.42 Å². The maximum absolute atomic E-state index is 12.9. The van der Waals surface area contributed by atoms with Crippen molar-refractivity contribution in [1.29, 1.82) is 0 Å². The first-order chi connectivity index (χ1) is 10.3. The van der Waals surface area contributed by atoms with Gasteiger partial charge in [-0.05, 0) is 38.2 Å². The molecule has 1 N–H and O–H groups in total. The van der Waals surface area contributed by atoms with Gasteiger partial charge in [0.25, 0.3) is 5.91 Å². The SMILES string of the molecule is O=C(c1ccoc1C1CC1)N1CCCCC1c1ncn[nH]1. The normalized spacial score (nSPS) is 22.5. The summed E-state index contributed by atoms with van der Waals surface area (Å²) in [5, 5.41) is 6.83. The van der Waals surface area contributed by atoms with Gasteiger partial charge in [0.2, 0.25) is 0 Å². The highest BCUT2D eigenvalue weighted by Crippen LogP contribution is 2.43.